The van der Waals surface area contributed by atoms with Gasteiger partial charge >= 0.3 is 0 Å². The summed E-state index contributed by atoms with van der Waals surface area (Å²) >= 11 is 3.53. The molecule has 0 N–H and O–H groups in total. The molecule has 1 amide bonds. The van der Waals surface area contributed by atoms with Gasteiger partial charge in [0.1, 0.15) is 11.6 Å². The van der Waals surface area contributed by atoms with Gasteiger partial charge in [-0.1, -0.05) is 15.9 Å². The molecule has 0 radical (unpaired) electrons. The molecule has 1 saturated heterocycles. The lowest BCUT2D eigenvalue weighted by atomic mass is 10.1. The highest BCUT2D eigenvalue weighted by atomic mass is 79.9. The molecule has 3 nitrogen and oxygen atoms in total. The number of methoxy groups -OCH3 is 1. The largest absolute Gasteiger partial charge is 0.497 e. The fourth-order valence-corrected chi connectivity index (χ4v) is 2.43. The van der Waals surface area contributed by atoms with Crippen LogP contribution in [-0.4, -0.2) is 35.8 Å². The minimum absolute atomic E-state index is 0.115. The zero-order valence-corrected chi connectivity index (χ0v) is 11.7. The van der Waals surface area contributed by atoms with Crippen LogP contribution >= 0.6 is 15.9 Å². The van der Waals surface area contributed by atoms with E-state index in [1.807, 2.05) is 0 Å². The Balaban J connectivity index is 2.13. The van der Waals surface area contributed by atoms with E-state index in [9.17, 15) is 9.18 Å². The second kappa shape index (κ2) is 5.69. The Morgan fingerprint density at radius 2 is 2.11 bits per heavy atom. The van der Waals surface area contributed by atoms with E-state index in [1.165, 1.54) is 19.2 Å². The molecule has 0 bridgehead atoms. The Kier molecular flexibility index (Phi) is 4.22. The molecule has 98 valence electrons. The summed E-state index contributed by atoms with van der Waals surface area (Å²) in [4.78, 5) is 14.3. The van der Waals surface area contributed by atoms with Gasteiger partial charge in [-0.05, 0) is 25.0 Å². The van der Waals surface area contributed by atoms with E-state index < -0.39 is 5.82 Å². The lowest BCUT2D eigenvalue weighted by Gasteiger charge is -2.29. The first-order valence-corrected chi connectivity index (χ1v) is 6.80. The Hall–Kier alpha value is -1.10. The molecular formula is C13H15BrFNO2. The molecule has 18 heavy (non-hydrogen) atoms. The van der Waals surface area contributed by atoms with Gasteiger partial charge in [-0.3, -0.25) is 4.79 Å². The first-order valence-electron chi connectivity index (χ1n) is 5.88. The van der Waals surface area contributed by atoms with Crippen LogP contribution in [0.4, 0.5) is 4.39 Å². The Morgan fingerprint density at radius 3 is 2.67 bits per heavy atom. The van der Waals surface area contributed by atoms with E-state index in [1.54, 1.807) is 11.0 Å². The summed E-state index contributed by atoms with van der Waals surface area (Å²) in [7, 11) is 1.47. The summed E-state index contributed by atoms with van der Waals surface area (Å²) in [6, 6.07) is 4.33. The van der Waals surface area contributed by atoms with Gasteiger partial charge in [0.25, 0.3) is 5.91 Å². The first kappa shape index (κ1) is 13.3. The normalized spacial score (nSPS) is 16.7. The number of nitrogens with zero attached hydrogens (tertiary/aromatic N) is 1. The van der Waals surface area contributed by atoms with Crippen LogP contribution < -0.4 is 4.74 Å². The Bertz CT molecular complexity index is 445. The molecular weight excluding hydrogens is 301 g/mol. The second-order valence-electron chi connectivity index (χ2n) is 4.31. The highest BCUT2D eigenvalue weighted by molar-refractivity contribution is 9.09. The van der Waals surface area contributed by atoms with Crippen LogP contribution in [0.15, 0.2) is 18.2 Å². The number of piperidine rings is 1. The number of alkyl halides is 1. The van der Waals surface area contributed by atoms with Crippen LogP contribution in [0, 0.1) is 5.82 Å². The second-order valence-corrected chi connectivity index (χ2v) is 5.61. The minimum Gasteiger partial charge on any atom is -0.497 e. The van der Waals surface area contributed by atoms with Crippen molar-refractivity contribution in [2.24, 2.45) is 0 Å². The fourth-order valence-electron chi connectivity index (χ4n) is 2.02. The van der Waals surface area contributed by atoms with Gasteiger partial charge in [0.15, 0.2) is 0 Å². The predicted molar refractivity (Wildman–Crippen MR) is 70.8 cm³/mol. The maximum absolute atomic E-state index is 13.8. The SMILES string of the molecule is COc1ccc(C(=O)N2CCC(Br)CC2)c(F)c1. The number of likely N-dealkylation sites (tertiary alicyclic amines) is 1. The lowest BCUT2D eigenvalue weighted by Crippen LogP contribution is -2.39. The van der Waals surface area contributed by atoms with Crippen molar-refractivity contribution < 1.29 is 13.9 Å². The van der Waals surface area contributed by atoms with Crippen LogP contribution in [0.1, 0.15) is 23.2 Å². The number of rotatable bonds is 2. The highest BCUT2D eigenvalue weighted by Gasteiger charge is 2.24. The van der Waals surface area contributed by atoms with Crippen LogP contribution in [0.3, 0.4) is 0 Å². The molecule has 0 aromatic heterocycles. The minimum atomic E-state index is -0.527. The van der Waals surface area contributed by atoms with Crippen molar-refractivity contribution in [1.82, 2.24) is 4.90 Å². The fraction of sp³-hybridized carbons (Fsp3) is 0.462. The van der Waals surface area contributed by atoms with E-state index in [2.05, 4.69) is 15.9 Å². The Labute approximate surface area is 114 Å². The topological polar surface area (TPSA) is 29.5 Å². The van der Waals surface area contributed by atoms with E-state index in [0.29, 0.717) is 23.7 Å². The average Bonchev–Trinajstić information content (AvgIpc) is 2.38. The standard InChI is InChI=1S/C13H15BrFNO2/c1-18-10-2-3-11(12(15)8-10)13(17)16-6-4-9(14)5-7-16/h2-3,8-9H,4-7H2,1H3. The van der Waals surface area contributed by atoms with Gasteiger partial charge in [0, 0.05) is 24.0 Å². The van der Waals surface area contributed by atoms with E-state index in [0.717, 1.165) is 12.8 Å². The number of carbonyl (C=O) groups excluding carboxylic acids is 1. The van der Waals surface area contributed by atoms with Crippen LogP contribution in [0.25, 0.3) is 0 Å². The van der Waals surface area contributed by atoms with Crippen molar-refractivity contribution in [3.05, 3.63) is 29.6 Å². The molecule has 0 unspecified atom stereocenters. The van der Waals surface area contributed by atoms with Gasteiger partial charge in [-0.25, -0.2) is 4.39 Å². The summed E-state index contributed by atoms with van der Waals surface area (Å²) in [6.07, 6.45) is 1.81. The maximum atomic E-state index is 13.8. The van der Waals surface area contributed by atoms with Crippen molar-refractivity contribution in [3.8, 4) is 5.75 Å². The maximum Gasteiger partial charge on any atom is 0.256 e. The van der Waals surface area contributed by atoms with Gasteiger partial charge in [0.05, 0.1) is 12.7 Å². The van der Waals surface area contributed by atoms with E-state index >= 15 is 0 Å². The summed E-state index contributed by atoms with van der Waals surface area (Å²) < 4.78 is 18.7. The van der Waals surface area contributed by atoms with Crippen molar-refractivity contribution >= 4 is 21.8 Å². The molecule has 1 aliphatic rings. The summed E-state index contributed by atoms with van der Waals surface area (Å²) in [5.74, 6) is -0.349. The van der Waals surface area contributed by atoms with Crippen molar-refractivity contribution in [3.63, 3.8) is 0 Å². The smallest absolute Gasteiger partial charge is 0.256 e. The van der Waals surface area contributed by atoms with Crippen molar-refractivity contribution in [2.45, 2.75) is 17.7 Å². The number of carbonyl (C=O) groups is 1. The molecule has 1 aromatic carbocycles. The first-order chi connectivity index (χ1) is 8.61. The Morgan fingerprint density at radius 1 is 1.44 bits per heavy atom. The molecule has 0 atom stereocenters. The third kappa shape index (κ3) is 2.83. The molecule has 2 rings (SSSR count). The number of benzene rings is 1. The van der Waals surface area contributed by atoms with Gasteiger partial charge in [-0.15, -0.1) is 0 Å². The zero-order valence-electron chi connectivity index (χ0n) is 10.2. The monoisotopic (exact) mass is 315 g/mol. The molecule has 0 saturated carbocycles. The third-order valence-electron chi connectivity index (χ3n) is 3.12. The highest BCUT2D eigenvalue weighted by Crippen LogP contribution is 2.22. The number of amides is 1. The van der Waals surface area contributed by atoms with Gasteiger partial charge in [0.2, 0.25) is 0 Å². The quantitative estimate of drug-likeness (QED) is 0.785. The molecule has 0 spiro atoms. The summed E-state index contributed by atoms with van der Waals surface area (Å²) in [5.41, 5.74) is 0.115. The number of ether oxygens (including phenoxy) is 1. The molecule has 1 heterocycles. The predicted octanol–water partition coefficient (Wildman–Crippen LogP) is 2.83. The van der Waals surface area contributed by atoms with E-state index in [4.69, 9.17) is 4.74 Å². The van der Waals surface area contributed by atoms with E-state index in [-0.39, 0.29) is 11.5 Å². The van der Waals surface area contributed by atoms with Crippen LogP contribution in [0.5, 0.6) is 5.75 Å². The van der Waals surface area contributed by atoms with Crippen LogP contribution in [0.2, 0.25) is 0 Å². The molecule has 1 aliphatic heterocycles. The lowest BCUT2D eigenvalue weighted by molar-refractivity contribution is 0.0723. The molecule has 1 fully saturated rings. The third-order valence-corrected chi connectivity index (χ3v) is 4.03. The van der Waals surface area contributed by atoms with Crippen molar-refractivity contribution in [2.75, 3.05) is 20.2 Å². The number of hydrogen-bond donors (Lipinski definition) is 0. The summed E-state index contributed by atoms with van der Waals surface area (Å²) in [6.45, 7) is 1.33. The zero-order chi connectivity index (χ0) is 13.1. The summed E-state index contributed by atoms with van der Waals surface area (Å²) in [5, 5.41) is 0. The average molecular weight is 316 g/mol. The van der Waals surface area contributed by atoms with Gasteiger partial charge < -0.3 is 9.64 Å². The van der Waals surface area contributed by atoms with Crippen molar-refractivity contribution in [1.29, 1.82) is 0 Å². The molecule has 0 aliphatic carbocycles. The number of hydrogen-bond acceptors (Lipinski definition) is 2. The van der Waals surface area contributed by atoms with Gasteiger partial charge in [-0.2, -0.15) is 0 Å². The molecule has 5 heteroatoms. The number of halogens is 2. The van der Waals surface area contributed by atoms with Crippen LogP contribution in [-0.2, 0) is 0 Å². The molecule has 1 aromatic rings.